The maximum Gasteiger partial charge on any atom is 0.232 e. The minimum Gasteiger partial charge on any atom is -0.378 e. The van der Waals surface area contributed by atoms with Crippen LogP contribution in [0.2, 0.25) is 15.1 Å². The predicted molar refractivity (Wildman–Crippen MR) is 126 cm³/mol. The Morgan fingerprint density at radius 3 is 2.65 bits per heavy atom. The Hall–Kier alpha value is -1.79. The molecule has 164 valence electrons. The number of halogens is 3. The second-order valence-electron chi connectivity index (χ2n) is 8.34. The van der Waals surface area contributed by atoms with E-state index in [0.29, 0.717) is 21.7 Å². The molecular weight excluding hydrogens is 457 g/mol. The molecule has 2 aliphatic heterocycles. The SMILES string of the molecule is C[C@H]1C[C@@H](N2C(=O)C[C@@](C)(c3cccc(-c4ccc(Cl)cc4Cl)c3Cl)N=C2N)CCO1. The summed E-state index contributed by atoms with van der Waals surface area (Å²) in [4.78, 5) is 19.6. The second kappa shape index (κ2) is 8.62. The van der Waals surface area contributed by atoms with E-state index in [2.05, 4.69) is 0 Å². The number of amides is 1. The maximum absolute atomic E-state index is 13.2. The first kappa shape index (κ1) is 22.4. The monoisotopic (exact) mass is 479 g/mol. The van der Waals surface area contributed by atoms with Crippen LogP contribution in [0.15, 0.2) is 41.4 Å². The van der Waals surface area contributed by atoms with Crippen LogP contribution in [-0.2, 0) is 15.1 Å². The van der Waals surface area contributed by atoms with Gasteiger partial charge in [-0.2, -0.15) is 0 Å². The van der Waals surface area contributed by atoms with Crippen molar-refractivity contribution in [2.24, 2.45) is 10.7 Å². The molecule has 0 spiro atoms. The van der Waals surface area contributed by atoms with Gasteiger partial charge in [0.15, 0.2) is 5.96 Å². The van der Waals surface area contributed by atoms with Crippen LogP contribution in [0.3, 0.4) is 0 Å². The molecule has 0 aromatic heterocycles. The normalized spacial score (nSPS) is 26.7. The Morgan fingerprint density at radius 1 is 1.19 bits per heavy atom. The molecule has 1 amide bonds. The summed E-state index contributed by atoms with van der Waals surface area (Å²) in [5.74, 6) is 0.170. The standard InChI is InChI=1S/C23H24Cl3N3O2/c1-13-10-15(8-9-31-13)29-20(30)12-23(2,28-22(29)27)18-5-3-4-17(21(18)26)16-7-6-14(24)11-19(16)25/h3-7,11,13,15H,8-10,12H2,1-2H3,(H2,27,28)/t13-,15-,23-/m0/s1. The third-order valence-corrected chi connectivity index (χ3v) is 6.95. The topological polar surface area (TPSA) is 67.9 Å². The lowest BCUT2D eigenvalue weighted by molar-refractivity contribution is -0.133. The van der Waals surface area contributed by atoms with Gasteiger partial charge < -0.3 is 10.5 Å². The fraction of sp³-hybridized carbons (Fsp3) is 0.391. The van der Waals surface area contributed by atoms with E-state index in [-0.39, 0.29) is 30.4 Å². The molecule has 5 nitrogen and oxygen atoms in total. The number of nitrogens with two attached hydrogens (primary N) is 1. The van der Waals surface area contributed by atoms with Gasteiger partial charge >= 0.3 is 0 Å². The smallest absolute Gasteiger partial charge is 0.232 e. The highest BCUT2D eigenvalue weighted by Gasteiger charge is 2.42. The van der Waals surface area contributed by atoms with E-state index in [0.717, 1.165) is 29.5 Å². The van der Waals surface area contributed by atoms with Gasteiger partial charge in [-0.3, -0.25) is 9.69 Å². The molecule has 31 heavy (non-hydrogen) atoms. The fourth-order valence-corrected chi connectivity index (χ4v) is 5.41. The number of ether oxygens (including phenoxy) is 1. The minimum absolute atomic E-state index is 0.000713. The van der Waals surface area contributed by atoms with Gasteiger partial charge in [-0.1, -0.05) is 59.1 Å². The minimum atomic E-state index is -0.875. The highest BCUT2D eigenvalue weighted by Crippen LogP contribution is 2.43. The second-order valence-corrected chi connectivity index (χ2v) is 9.56. The van der Waals surface area contributed by atoms with Crippen LogP contribution in [0.5, 0.6) is 0 Å². The van der Waals surface area contributed by atoms with Crippen molar-refractivity contribution in [2.75, 3.05) is 6.61 Å². The third-order valence-electron chi connectivity index (χ3n) is 6.00. The van der Waals surface area contributed by atoms with Crippen molar-refractivity contribution in [3.63, 3.8) is 0 Å². The van der Waals surface area contributed by atoms with Gasteiger partial charge in [0.25, 0.3) is 0 Å². The van der Waals surface area contributed by atoms with Gasteiger partial charge in [0, 0.05) is 33.8 Å². The van der Waals surface area contributed by atoms with Crippen molar-refractivity contribution in [1.82, 2.24) is 4.90 Å². The first-order valence-corrected chi connectivity index (χ1v) is 11.4. The number of guanidine groups is 1. The lowest BCUT2D eigenvalue weighted by Gasteiger charge is -2.41. The molecule has 1 fully saturated rings. The molecule has 2 N–H and O–H groups in total. The molecule has 0 radical (unpaired) electrons. The molecule has 0 saturated carbocycles. The molecule has 0 aliphatic carbocycles. The Kier molecular flexibility index (Phi) is 6.23. The first-order valence-electron chi connectivity index (χ1n) is 10.2. The molecule has 2 heterocycles. The Bertz CT molecular complexity index is 1060. The summed E-state index contributed by atoms with van der Waals surface area (Å²) in [5, 5.41) is 1.54. The van der Waals surface area contributed by atoms with Crippen LogP contribution in [0.4, 0.5) is 0 Å². The number of carbonyl (C=O) groups excluding carboxylic acids is 1. The predicted octanol–water partition coefficient (Wildman–Crippen LogP) is 5.64. The van der Waals surface area contributed by atoms with Crippen LogP contribution < -0.4 is 5.73 Å². The third kappa shape index (κ3) is 4.29. The molecule has 2 aromatic carbocycles. The van der Waals surface area contributed by atoms with E-state index in [1.165, 1.54) is 0 Å². The van der Waals surface area contributed by atoms with E-state index in [9.17, 15) is 4.79 Å². The highest BCUT2D eigenvalue weighted by molar-refractivity contribution is 6.38. The van der Waals surface area contributed by atoms with Crippen molar-refractivity contribution in [2.45, 2.75) is 50.8 Å². The zero-order valence-corrected chi connectivity index (χ0v) is 19.6. The number of carbonyl (C=O) groups is 1. The number of hydrogen-bond donors (Lipinski definition) is 1. The largest absolute Gasteiger partial charge is 0.378 e. The van der Waals surface area contributed by atoms with Crippen molar-refractivity contribution < 1.29 is 9.53 Å². The van der Waals surface area contributed by atoms with Crippen molar-refractivity contribution in [3.05, 3.63) is 57.0 Å². The van der Waals surface area contributed by atoms with Gasteiger partial charge in [0.05, 0.1) is 23.1 Å². The molecule has 4 rings (SSSR count). The van der Waals surface area contributed by atoms with Crippen molar-refractivity contribution in [3.8, 4) is 11.1 Å². The van der Waals surface area contributed by atoms with Gasteiger partial charge in [-0.15, -0.1) is 0 Å². The molecule has 0 bridgehead atoms. The van der Waals surface area contributed by atoms with E-state index in [1.807, 2.05) is 38.1 Å². The van der Waals surface area contributed by atoms with E-state index in [4.69, 9.17) is 50.3 Å². The molecule has 3 atom stereocenters. The van der Waals surface area contributed by atoms with Gasteiger partial charge in [-0.05, 0) is 44.4 Å². The van der Waals surface area contributed by atoms with Crippen LogP contribution in [-0.4, -0.2) is 35.5 Å². The van der Waals surface area contributed by atoms with Crippen LogP contribution in [0, 0.1) is 0 Å². The quantitative estimate of drug-likeness (QED) is 0.618. The first-order chi connectivity index (χ1) is 14.7. The van der Waals surface area contributed by atoms with Gasteiger partial charge in [-0.25, -0.2) is 4.99 Å². The van der Waals surface area contributed by atoms with E-state index < -0.39 is 5.54 Å². The Balaban J connectivity index is 1.72. The fourth-order valence-electron chi connectivity index (χ4n) is 4.47. The number of rotatable bonds is 3. The van der Waals surface area contributed by atoms with Gasteiger partial charge in [0.2, 0.25) is 5.91 Å². The zero-order chi connectivity index (χ0) is 22.3. The summed E-state index contributed by atoms with van der Waals surface area (Å²) in [6.07, 6.45) is 1.75. The summed E-state index contributed by atoms with van der Waals surface area (Å²) in [7, 11) is 0. The number of hydrogen-bond acceptors (Lipinski definition) is 4. The summed E-state index contributed by atoms with van der Waals surface area (Å²) >= 11 is 19.3. The summed E-state index contributed by atoms with van der Waals surface area (Å²) in [5.41, 5.74) is 7.71. The van der Waals surface area contributed by atoms with Crippen LogP contribution >= 0.6 is 34.8 Å². The van der Waals surface area contributed by atoms with Crippen molar-refractivity contribution >= 4 is 46.7 Å². The number of benzene rings is 2. The summed E-state index contributed by atoms with van der Waals surface area (Å²) in [6, 6.07) is 10.9. The Morgan fingerprint density at radius 2 is 1.97 bits per heavy atom. The summed E-state index contributed by atoms with van der Waals surface area (Å²) in [6.45, 7) is 4.50. The Labute approximate surface area is 197 Å². The van der Waals surface area contributed by atoms with Crippen LogP contribution in [0.1, 0.15) is 38.7 Å². The average molecular weight is 481 g/mol. The highest BCUT2D eigenvalue weighted by atomic mass is 35.5. The van der Waals surface area contributed by atoms with E-state index >= 15 is 0 Å². The molecule has 8 heteroatoms. The molecule has 2 aliphatic rings. The molecular formula is C23H24Cl3N3O2. The maximum atomic E-state index is 13.2. The van der Waals surface area contributed by atoms with E-state index in [1.54, 1.807) is 17.0 Å². The average Bonchev–Trinajstić information content (AvgIpc) is 2.68. The number of nitrogens with zero attached hydrogens (tertiary/aromatic N) is 2. The number of aliphatic imine (C=N–C) groups is 1. The molecule has 1 saturated heterocycles. The van der Waals surface area contributed by atoms with Gasteiger partial charge in [0.1, 0.15) is 0 Å². The van der Waals surface area contributed by atoms with Crippen molar-refractivity contribution in [1.29, 1.82) is 0 Å². The van der Waals surface area contributed by atoms with Crippen LogP contribution in [0.25, 0.3) is 11.1 Å². The molecule has 0 unspecified atom stereocenters. The summed E-state index contributed by atoms with van der Waals surface area (Å²) < 4.78 is 5.61. The molecule has 2 aromatic rings. The zero-order valence-electron chi connectivity index (χ0n) is 17.4. The lowest BCUT2D eigenvalue weighted by Crippen LogP contribution is -2.56. The lowest BCUT2D eigenvalue weighted by atomic mass is 9.85.